The van der Waals surface area contributed by atoms with E-state index >= 15 is 0 Å². The number of nitrogens with zero attached hydrogens (tertiary/aromatic N) is 5. The second kappa shape index (κ2) is 11.2. The summed E-state index contributed by atoms with van der Waals surface area (Å²) >= 11 is 0. The fraction of sp³-hybridized carbons (Fsp3) is 0. The summed E-state index contributed by atoms with van der Waals surface area (Å²) in [6, 6.07) is 54.2. The normalized spacial score (nSPS) is 11.4. The molecule has 0 fully saturated rings. The predicted molar refractivity (Wildman–Crippen MR) is 191 cm³/mol. The van der Waals surface area contributed by atoms with Crippen LogP contribution in [0.5, 0.6) is 0 Å². The van der Waals surface area contributed by atoms with Gasteiger partial charge in [-0.1, -0.05) is 133 Å². The molecule has 9 aromatic rings. The van der Waals surface area contributed by atoms with Crippen molar-refractivity contribution in [1.82, 2.24) is 24.3 Å². The lowest BCUT2D eigenvalue weighted by Crippen LogP contribution is -1.97. The minimum Gasteiger partial charge on any atom is -0.284 e. The Morgan fingerprint density at radius 1 is 0.383 bits per heavy atom. The molecule has 5 aromatic carbocycles. The third-order valence-electron chi connectivity index (χ3n) is 8.64. The first-order chi connectivity index (χ1) is 23.3. The SMILES string of the molecule is c1ccc(-c2ccc(-c3cc(-c4ccc5c(c4)c(-c4ccccc4)nc4c5nc5ccccn54)nc(-c4ccccc4)n3)cc2)cc1. The van der Waals surface area contributed by atoms with E-state index in [2.05, 4.69) is 114 Å². The van der Waals surface area contributed by atoms with Crippen molar-refractivity contribution in [3.8, 4) is 56.3 Å². The summed E-state index contributed by atoms with van der Waals surface area (Å²) in [5.74, 6) is 0.683. The fourth-order valence-electron chi connectivity index (χ4n) is 6.28. The van der Waals surface area contributed by atoms with Gasteiger partial charge in [0.25, 0.3) is 0 Å². The van der Waals surface area contributed by atoms with E-state index in [4.69, 9.17) is 19.9 Å². The van der Waals surface area contributed by atoms with E-state index in [0.29, 0.717) is 5.82 Å². The van der Waals surface area contributed by atoms with Gasteiger partial charge in [0.1, 0.15) is 11.2 Å². The van der Waals surface area contributed by atoms with Gasteiger partial charge in [0, 0.05) is 39.2 Å². The molecule has 4 heterocycles. The molecule has 0 amide bonds. The Balaban J connectivity index is 1.25. The van der Waals surface area contributed by atoms with Crippen LogP contribution in [0.1, 0.15) is 0 Å². The Hall–Kier alpha value is -6.46. The van der Waals surface area contributed by atoms with Crippen LogP contribution in [-0.4, -0.2) is 24.3 Å². The number of hydrogen-bond acceptors (Lipinski definition) is 4. The van der Waals surface area contributed by atoms with Crippen LogP contribution in [0.2, 0.25) is 0 Å². The van der Waals surface area contributed by atoms with Crippen molar-refractivity contribution in [2.75, 3.05) is 0 Å². The first-order valence-corrected chi connectivity index (χ1v) is 15.7. The largest absolute Gasteiger partial charge is 0.284 e. The summed E-state index contributed by atoms with van der Waals surface area (Å²) in [6.07, 6.45) is 2.02. The van der Waals surface area contributed by atoms with Crippen molar-refractivity contribution in [2.24, 2.45) is 0 Å². The zero-order valence-electron chi connectivity index (χ0n) is 25.3. The van der Waals surface area contributed by atoms with Crippen LogP contribution in [0.25, 0.3) is 83.9 Å². The van der Waals surface area contributed by atoms with E-state index in [1.54, 1.807) is 0 Å². The lowest BCUT2D eigenvalue weighted by Gasteiger charge is -2.12. The molecule has 0 aliphatic heterocycles. The van der Waals surface area contributed by atoms with Gasteiger partial charge in [-0.15, -0.1) is 0 Å². The summed E-state index contributed by atoms with van der Waals surface area (Å²) < 4.78 is 2.06. The summed E-state index contributed by atoms with van der Waals surface area (Å²) in [7, 11) is 0. The molecule has 5 nitrogen and oxygen atoms in total. The molecule has 0 spiro atoms. The van der Waals surface area contributed by atoms with Gasteiger partial charge in [-0.25, -0.2) is 19.9 Å². The van der Waals surface area contributed by atoms with E-state index in [1.807, 2.05) is 54.7 Å². The molecule has 0 aliphatic rings. The molecule has 220 valence electrons. The second-order valence-corrected chi connectivity index (χ2v) is 11.6. The van der Waals surface area contributed by atoms with E-state index < -0.39 is 0 Å². The van der Waals surface area contributed by atoms with Gasteiger partial charge in [-0.05, 0) is 35.4 Å². The monoisotopic (exact) mass is 601 g/mol. The molecule has 0 N–H and O–H groups in total. The Kier molecular flexibility index (Phi) is 6.39. The molecule has 0 bridgehead atoms. The van der Waals surface area contributed by atoms with Crippen LogP contribution < -0.4 is 0 Å². The van der Waals surface area contributed by atoms with Gasteiger partial charge in [-0.2, -0.15) is 0 Å². The summed E-state index contributed by atoms with van der Waals surface area (Å²) in [4.78, 5) is 20.4. The van der Waals surface area contributed by atoms with Crippen molar-refractivity contribution in [3.63, 3.8) is 0 Å². The Bertz CT molecular complexity index is 2540. The quantitative estimate of drug-likeness (QED) is 0.197. The van der Waals surface area contributed by atoms with E-state index in [9.17, 15) is 0 Å². The summed E-state index contributed by atoms with van der Waals surface area (Å²) in [5, 5.41) is 2.08. The van der Waals surface area contributed by atoms with Crippen LogP contribution in [0.15, 0.2) is 164 Å². The number of aromatic nitrogens is 5. The van der Waals surface area contributed by atoms with Gasteiger partial charge in [0.05, 0.1) is 17.1 Å². The minimum atomic E-state index is 0.683. The lowest BCUT2D eigenvalue weighted by atomic mass is 9.98. The molecule has 0 saturated heterocycles. The molecule has 0 unspecified atom stereocenters. The second-order valence-electron chi connectivity index (χ2n) is 11.6. The zero-order chi connectivity index (χ0) is 31.2. The van der Waals surface area contributed by atoms with Crippen LogP contribution in [0.4, 0.5) is 0 Å². The van der Waals surface area contributed by atoms with Gasteiger partial charge in [0.2, 0.25) is 0 Å². The van der Waals surface area contributed by atoms with Gasteiger partial charge < -0.3 is 0 Å². The third kappa shape index (κ3) is 4.82. The molecule has 47 heavy (non-hydrogen) atoms. The summed E-state index contributed by atoms with van der Waals surface area (Å²) in [6.45, 7) is 0. The number of imidazole rings is 1. The van der Waals surface area contributed by atoms with Crippen LogP contribution in [0, 0.1) is 0 Å². The molecular weight excluding hydrogens is 574 g/mol. The molecule has 9 rings (SSSR count). The molecule has 0 saturated carbocycles. The summed E-state index contributed by atoms with van der Waals surface area (Å²) in [5.41, 5.74) is 11.6. The van der Waals surface area contributed by atoms with Crippen molar-refractivity contribution >= 4 is 27.6 Å². The maximum Gasteiger partial charge on any atom is 0.165 e. The maximum absolute atomic E-state index is 5.23. The first kappa shape index (κ1) is 26.9. The van der Waals surface area contributed by atoms with E-state index in [0.717, 1.165) is 66.9 Å². The molecule has 0 radical (unpaired) electrons. The first-order valence-electron chi connectivity index (χ1n) is 15.7. The maximum atomic E-state index is 5.23. The number of pyridine rings is 2. The average Bonchev–Trinajstić information content (AvgIpc) is 3.54. The van der Waals surface area contributed by atoms with E-state index in [-0.39, 0.29) is 0 Å². The molecule has 4 aromatic heterocycles. The van der Waals surface area contributed by atoms with Gasteiger partial charge in [-0.3, -0.25) is 4.40 Å². The predicted octanol–water partition coefficient (Wildman–Crippen LogP) is 10.2. The number of rotatable bonds is 5. The van der Waals surface area contributed by atoms with Crippen LogP contribution in [0.3, 0.4) is 0 Å². The lowest BCUT2D eigenvalue weighted by molar-refractivity contribution is 1.18. The number of benzene rings is 5. The Morgan fingerprint density at radius 3 is 1.68 bits per heavy atom. The van der Waals surface area contributed by atoms with Crippen LogP contribution >= 0.6 is 0 Å². The standard InChI is InChI=1S/C42H27N5/c1-4-12-28(13-5-1)29-19-21-30(22-20-29)36-27-37(44-41(43-36)32-16-8-3-9-17-32)33-23-24-34-35(26-33)39(31-14-6-2-7-15-31)46-42-40(34)45-38-18-10-11-25-47(38)42/h1-27H. The van der Waals surface area contributed by atoms with Crippen LogP contribution in [-0.2, 0) is 0 Å². The average molecular weight is 602 g/mol. The Morgan fingerprint density at radius 2 is 0.957 bits per heavy atom. The third-order valence-corrected chi connectivity index (χ3v) is 8.64. The number of hydrogen-bond donors (Lipinski definition) is 0. The van der Waals surface area contributed by atoms with Gasteiger partial charge >= 0.3 is 0 Å². The van der Waals surface area contributed by atoms with Crippen molar-refractivity contribution < 1.29 is 0 Å². The topological polar surface area (TPSA) is 56.0 Å². The molecule has 0 aliphatic carbocycles. The minimum absolute atomic E-state index is 0.683. The highest BCUT2D eigenvalue weighted by atomic mass is 15.1. The highest BCUT2D eigenvalue weighted by molar-refractivity contribution is 6.10. The van der Waals surface area contributed by atoms with E-state index in [1.165, 1.54) is 11.1 Å². The molecule has 5 heteroatoms. The Labute approximate surface area is 271 Å². The zero-order valence-corrected chi connectivity index (χ0v) is 25.3. The fourth-order valence-corrected chi connectivity index (χ4v) is 6.28. The van der Waals surface area contributed by atoms with Gasteiger partial charge in [0.15, 0.2) is 11.5 Å². The number of fused-ring (bicyclic) bond motifs is 5. The highest BCUT2D eigenvalue weighted by Crippen LogP contribution is 2.36. The van der Waals surface area contributed by atoms with Crippen molar-refractivity contribution in [2.45, 2.75) is 0 Å². The van der Waals surface area contributed by atoms with Crippen molar-refractivity contribution in [3.05, 3.63) is 164 Å². The highest BCUT2D eigenvalue weighted by Gasteiger charge is 2.17. The smallest absolute Gasteiger partial charge is 0.165 e. The molecular formula is C42H27N5. The molecule has 0 atom stereocenters. The van der Waals surface area contributed by atoms with Crippen molar-refractivity contribution in [1.29, 1.82) is 0 Å².